The fourth-order valence-electron chi connectivity index (χ4n) is 2.11. The molecule has 1 fully saturated rings. The van der Waals surface area contributed by atoms with E-state index in [1.165, 1.54) is 29.2 Å². The van der Waals surface area contributed by atoms with Crippen LogP contribution in [0.5, 0.6) is 5.75 Å². The van der Waals surface area contributed by atoms with Gasteiger partial charge in [-0.05, 0) is 25.0 Å². The number of halogens is 1. The quantitative estimate of drug-likeness (QED) is 0.892. The first kappa shape index (κ1) is 13.3. The molecule has 5 nitrogen and oxygen atoms in total. The molecule has 2 rings (SSSR count). The zero-order chi connectivity index (χ0) is 13.8. The van der Waals surface area contributed by atoms with Gasteiger partial charge < -0.3 is 14.7 Å². The Morgan fingerprint density at radius 1 is 1.47 bits per heavy atom. The minimum Gasteiger partial charge on any atom is -0.484 e. The van der Waals surface area contributed by atoms with Crippen molar-refractivity contribution < 1.29 is 23.8 Å². The van der Waals surface area contributed by atoms with Crippen molar-refractivity contribution in [1.29, 1.82) is 0 Å². The third kappa shape index (κ3) is 3.21. The number of carboxylic acids is 1. The van der Waals surface area contributed by atoms with Crippen molar-refractivity contribution in [2.24, 2.45) is 0 Å². The molecule has 0 spiro atoms. The van der Waals surface area contributed by atoms with E-state index < -0.39 is 23.7 Å². The molecule has 0 aromatic heterocycles. The molecule has 1 saturated heterocycles. The number of carbonyl (C=O) groups excluding carboxylic acids is 1. The van der Waals surface area contributed by atoms with E-state index in [1.54, 1.807) is 0 Å². The van der Waals surface area contributed by atoms with Gasteiger partial charge in [0, 0.05) is 12.6 Å². The fourth-order valence-corrected chi connectivity index (χ4v) is 2.11. The van der Waals surface area contributed by atoms with Gasteiger partial charge in [-0.25, -0.2) is 9.18 Å². The lowest BCUT2D eigenvalue weighted by Crippen LogP contribution is -2.42. The van der Waals surface area contributed by atoms with E-state index in [0.29, 0.717) is 19.4 Å². The summed E-state index contributed by atoms with van der Waals surface area (Å²) in [7, 11) is 0. The molecule has 1 amide bonds. The van der Waals surface area contributed by atoms with Gasteiger partial charge in [-0.3, -0.25) is 4.79 Å². The van der Waals surface area contributed by atoms with E-state index in [0.717, 1.165) is 0 Å². The molecule has 102 valence electrons. The Balaban J connectivity index is 1.92. The average molecular weight is 267 g/mol. The van der Waals surface area contributed by atoms with E-state index in [4.69, 9.17) is 9.84 Å². The van der Waals surface area contributed by atoms with Gasteiger partial charge >= 0.3 is 5.97 Å². The van der Waals surface area contributed by atoms with Gasteiger partial charge in [0.1, 0.15) is 17.6 Å². The topological polar surface area (TPSA) is 66.8 Å². The lowest BCUT2D eigenvalue weighted by molar-refractivity contribution is -0.148. The molecule has 1 aliphatic rings. The normalized spacial score (nSPS) is 18.4. The highest BCUT2D eigenvalue weighted by molar-refractivity contribution is 5.85. The molecular formula is C13H14FNO4. The lowest BCUT2D eigenvalue weighted by atomic mass is 10.2. The fraction of sp³-hybridized carbons (Fsp3) is 0.385. The molecule has 1 aromatic rings. The van der Waals surface area contributed by atoms with Crippen LogP contribution in [-0.2, 0) is 9.59 Å². The molecule has 0 saturated carbocycles. The standard InChI is InChI=1S/C13H14FNO4/c14-9-3-1-4-10(7-9)19-8-12(16)15-6-2-5-11(15)13(17)18/h1,3-4,7,11H,2,5-6,8H2,(H,17,18). The van der Waals surface area contributed by atoms with E-state index in [-0.39, 0.29) is 12.4 Å². The summed E-state index contributed by atoms with van der Waals surface area (Å²) in [6, 6.07) is 4.69. The highest BCUT2D eigenvalue weighted by Gasteiger charge is 2.33. The van der Waals surface area contributed by atoms with Gasteiger partial charge in [-0.1, -0.05) is 6.07 Å². The monoisotopic (exact) mass is 267 g/mol. The average Bonchev–Trinajstić information content (AvgIpc) is 2.85. The summed E-state index contributed by atoms with van der Waals surface area (Å²) in [6.45, 7) is 0.134. The Morgan fingerprint density at radius 2 is 2.26 bits per heavy atom. The van der Waals surface area contributed by atoms with Crippen molar-refractivity contribution >= 4 is 11.9 Å². The van der Waals surface area contributed by atoms with Gasteiger partial charge in [0.15, 0.2) is 6.61 Å². The Bertz CT molecular complexity index is 491. The van der Waals surface area contributed by atoms with Gasteiger partial charge in [-0.2, -0.15) is 0 Å². The van der Waals surface area contributed by atoms with Crippen LogP contribution in [-0.4, -0.2) is 41.1 Å². The number of hydrogen-bond acceptors (Lipinski definition) is 3. The van der Waals surface area contributed by atoms with Crippen molar-refractivity contribution in [2.75, 3.05) is 13.2 Å². The zero-order valence-corrected chi connectivity index (χ0v) is 10.2. The number of likely N-dealkylation sites (tertiary alicyclic amines) is 1. The second-order valence-electron chi connectivity index (χ2n) is 4.33. The van der Waals surface area contributed by atoms with Gasteiger partial charge in [0.25, 0.3) is 5.91 Å². The summed E-state index contributed by atoms with van der Waals surface area (Å²) in [4.78, 5) is 24.1. The molecule has 1 aliphatic heterocycles. The van der Waals surface area contributed by atoms with Crippen molar-refractivity contribution in [1.82, 2.24) is 4.90 Å². The van der Waals surface area contributed by atoms with Crippen LogP contribution < -0.4 is 4.74 Å². The maximum atomic E-state index is 12.9. The number of benzene rings is 1. The maximum absolute atomic E-state index is 12.9. The number of carbonyl (C=O) groups is 2. The molecule has 19 heavy (non-hydrogen) atoms. The van der Waals surface area contributed by atoms with Gasteiger partial charge in [0.05, 0.1) is 0 Å². The number of aliphatic carboxylic acids is 1. The van der Waals surface area contributed by atoms with Crippen LogP contribution in [0.4, 0.5) is 4.39 Å². The van der Waals surface area contributed by atoms with Crippen LogP contribution in [0.2, 0.25) is 0 Å². The smallest absolute Gasteiger partial charge is 0.326 e. The summed E-state index contributed by atoms with van der Waals surface area (Å²) in [5.74, 6) is -1.60. The predicted molar refractivity (Wildman–Crippen MR) is 64.3 cm³/mol. The van der Waals surface area contributed by atoms with Crippen LogP contribution in [0.25, 0.3) is 0 Å². The number of hydrogen-bond donors (Lipinski definition) is 1. The number of amides is 1. The van der Waals surface area contributed by atoms with Crippen molar-refractivity contribution in [2.45, 2.75) is 18.9 Å². The first-order valence-electron chi connectivity index (χ1n) is 5.98. The summed E-state index contributed by atoms with van der Waals surface area (Å²) >= 11 is 0. The Labute approximate surface area is 109 Å². The summed E-state index contributed by atoms with van der Waals surface area (Å²) in [5.41, 5.74) is 0. The summed E-state index contributed by atoms with van der Waals surface area (Å²) in [5, 5.41) is 8.97. The second kappa shape index (κ2) is 5.69. The van der Waals surface area contributed by atoms with Crippen molar-refractivity contribution in [3.8, 4) is 5.75 Å². The highest BCUT2D eigenvalue weighted by atomic mass is 19.1. The van der Waals surface area contributed by atoms with E-state index in [9.17, 15) is 14.0 Å². The third-order valence-corrected chi connectivity index (χ3v) is 3.02. The minimum absolute atomic E-state index is 0.249. The van der Waals surface area contributed by atoms with Crippen LogP contribution in [0.15, 0.2) is 24.3 Å². The maximum Gasteiger partial charge on any atom is 0.326 e. The van der Waals surface area contributed by atoms with Gasteiger partial charge in [0.2, 0.25) is 0 Å². The first-order valence-corrected chi connectivity index (χ1v) is 5.98. The van der Waals surface area contributed by atoms with E-state index >= 15 is 0 Å². The van der Waals surface area contributed by atoms with Crippen LogP contribution in [0.1, 0.15) is 12.8 Å². The molecule has 0 radical (unpaired) electrons. The molecular weight excluding hydrogens is 253 g/mol. The molecule has 6 heteroatoms. The molecule has 1 aromatic carbocycles. The lowest BCUT2D eigenvalue weighted by Gasteiger charge is -2.21. The van der Waals surface area contributed by atoms with Gasteiger partial charge in [-0.15, -0.1) is 0 Å². The molecule has 0 bridgehead atoms. The summed E-state index contributed by atoms with van der Waals surface area (Å²) in [6.07, 6.45) is 1.13. The second-order valence-corrected chi connectivity index (χ2v) is 4.33. The molecule has 1 atom stereocenters. The molecule has 1 N–H and O–H groups in total. The number of nitrogens with zero attached hydrogens (tertiary/aromatic N) is 1. The Kier molecular flexibility index (Phi) is 3.99. The number of ether oxygens (including phenoxy) is 1. The predicted octanol–water partition coefficient (Wildman–Crippen LogP) is 1.28. The minimum atomic E-state index is -1.00. The molecule has 0 aliphatic carbocycles. The number of rotatable bonds is 4. The SMILES string of the molecule is O=C(O)C1CCCN1C(=O)COc1cccc(F)c1. The van der Waals surface area contributed by atoms with Crippen LogP contribution in [0.3, 0.4) is 0 Å². The summed E-state index contributed by atoms with van der Waals surface area (Å²) < 4.78 is 18.1. The van der Waals surface area contributed by atoms with Crippen molar-refractivity contribution in [3.63, 3.8) is 0 Å². The molecule has 1 heterocycles. The first-order chi connectivity index (χ1) is 9.08. The Hall–Kier alpha value is -2.11. The van der Waals surface area contributed by atoms with Crippen LogP contribution in [0, 0.1) is 5.82 Å². The number of carboxylic acid groups (broad SMARTS) is 1. The highest BCUT2D eigenvalue weighted by Crippen LogP contribution is 2.18. The van der Waals surface area contributed by atoms with Crippen molar-refractivity contribution in [3.05, 3.63) is 30.1 Å². The van der Waals surface area contributed by atoms with Crippen LogP contribution >= 0.6 is 0 Å². The van der Waals surface area contributed by atoms with E-state index in [2.05, 4.69) is 0 Å². The zero-order valence-electron chi connectivity index (χ0n) is 10.2. The Morgan fingerprint density at radius 3 is 2.95 bits per heavy atom. The third-order valence-electron chi connectivity index (χ3n) is 3.02. The van der Waals surface area contributed by atoms with E-state index in [1.807, 2.05) is 0 Å². The molecule has 1 unspecified atom stereocenters. The largest absolute Gasteiger partial charge is 0.484 e.